The van der Waals surface area contributed by atoms with Crippen LogP contribution in [0.15, 0.2) is 0 Å². The minimum atomic E-state index is -7.22. The molecule has 22 heteroatoms. The van der Waals surface area contributed by atoms with Crippen LogP contribution in [0.25, 0.3) is 0 Å². The fourth-order valence-corrected chi connectivity index (χ4v) is 4.87. The molecule has 0 bridgehead atoms. The van der Waals surface area contributed by atoms with Gasteiger partial charge in [0.25, 0.3) is 0 Å². The van der Waals surface area contributed by atoms with Gasteiger partial charge in [-0.05, 0) is 0 Å². The summed E-state index contributed by atoms with van der Waals surface area (Å²) in [6, 6.07) is 0. The second-order valence-corrected chi connectivity index (χ2v) is 8.80. The van der Waals surface area contributed by atoms with E-state index in [9.17, 15) is 52.7 Å². The molecule has 0 atom stereocenters. The molecule has 0 amide bonds. The number of hydrogen-bond acceptors (Lipinski definition) is 0. The van der Waals surface area contributed by atoms with E-state index in [0.717, 1.165) is 0 Å². The Morgan fingerprint density at radius 1 is 0.196 bits per heavy atom. The van der Waals surface area contributed by atoms with Crippen LogP contribution in [-0.4, -0.2) is 6.15 Å². The number of halogens is 20. The summed E-state index contributed by atoms with van der Waals surface area (Å²) >= 11 is 0. The van der Waals surface area contributed by atoms with Gasteiger partial charge in [-0.3, -0.25) is 0 Å². The van der Waals surface area contributed by atoms with Gasteiger partial charge >= 0.3 is 29.6 Å². The molecule has 0 radical (unpaired) electrons. The zero-order chi connectivity index (χ0) is 34.4. The van der Waals surface area contributed by atoms with Gasteiger partial charge in [0.05, 0.1) is 0 Å². The van der Waals surface area contributed by atoms with E-state index in [1.807, 2.05) is 0 Å². The van der Waals surface area contributed by atoms with Gasteiger partial charge in [-0.25, -0.2) is 87.8 Å². The molecule has 0 aliphatic rings. The van der Waals surface area contributed by atoms with Gasteiger partial charge in [-0.15, -0.1) is 21.9 Å². The summed E-state index contributed by atoms with van der Waals surface area (Å²) in [5.41, 5.74) is -14.3. The average Bonchev–Trinajstić information content (AvgIpc) is 3.00. The van der Waals surface area contributed by atoms with Gasteiger partial charge in [0.2, 0.25) is 0 Å². The van der Waals surface area contributed by atoms with Crippen molar-refractivity contribution in [2.75, 3.05) is 0 Å². The third-order valence-corrected chi connectivity index (χ3v) is 6.71. The Kier molecular flexibility index (Phi) is 9.89. The SMILES string of the molecule is Fc1c(F)c(F)c([B-](c2c(F)c(F)c(F)c(F)c2F)(c2c(F)c(F)c(F)c(F)c2F)c2c(F)c(F)c(F)c(F)c2F)c(F)c1F.[H-].[Na+]. The second kappa shape index (κ2) is 12.3. The van der Waals surface area contributed by atoms with Crippen LogP contribution in [0.4, 0.5) is 87.8 Å². The Bertz CT molecular complexity index is 1580. The Labute approximate surface area is 262 Å². The first-order valence-electron chi connectivity index (χ1n) is 10.9. The minimum Gasteiger partial charge on any atom is -1.00 e. The van der Waals surface area contributed by atoms with Crippen LogP contribution in [0.3, 0.4) is 0 Å². The van der Waals surface area contributed by atoms with Crippen molar-refractivity contribution in [3.05, 3.63) is 116 Å². The van der Waals surface area contributed by atoms with Crippen LogP contribution in [-0.2, 0) is 0 Å². The van der Waals surface area contributed by atoms with Gasteiger partial charge in [-0.1, -0.05) is 0 Å². The molecule has 0 saturated carbocycles. The summed E-state index contributed by atoms with van der Waals surface area (Å²) in [7, 11) is 0. The first-order valence-corrected chi connectivity index (χ1v) is 10.9. The molecule has 0 N–H and O–H groups in total. The monoisotopic (exact) mass is 703 g/mol. The molecule has 0 saturated heterocycles. The minimum absolute atomic E-state index is 0. The Morgan fingerprint density at radius 3 is 0.391 bits per heavy atom. The fraction of sp³-hybridized carbons (Fsp3) is 0. The topological polar surface area (TPSA) is 0 Å². The van der Waals surface area contributed by atoms with Crippen LogP contribution >= 0.6 is 0 Å². The van der Waals surface area contributed by atoms with Crippen molar-refractivity contribution in [2.24, 2.45) is 0 Å². The molecular formula is C24HBF20Na-. The number of benzene rings is 4. The Balaban J connectivity index is 0.00000384. The zero-order valence-corrected chi connectivity index (χ0v) is 23.1. The van der Waals surface area contributed by atoms with Gasteiger partial charge < -0.3 is 1.43 Å². The van der Waals surface area contributed by atoms with Gasteiger partial charge in [0.15, 0.2) is 69.8 Å². The van der Waals surface area contributed by atoms with Crippen LogP contribution in [0.1, 0.15) is 1.43 Å². The van der Waals surface area contributed by atoms with Crippen LogP contribution < -0.4 is 51.4 Å². The van der Waals surface area contributed by atoms with Crippen LogP contribution in [0.2, 0.25) is 0 Å². The summed E-state index contributed by atoms with van der Waals surface area (Å²) in [6.07, 6.45) is -7.22. The first kappa shape index (κ1) is 37.0. The molecule has 0 heterocycles. The van der Waals surface area contributed by atoms with E-state index in [-0.39, 0.29) is 31.0 Å². The average molecular weight is 703 g/mol. The third-order valence-electron chi connectivity index (χ3n) is 6.71. The normalized spacial score (nSPS) is 11.7. The van der Waals surface area contributed by atoms with E-state index < -0.39 is 144 Å². The number of rotatable bonds is 4. The molecule has 4 rings (SSSR count). The molecule has 0 nitrogen and oxygen atoms in total. The molecule has 0 unspecified atom stereocenters. The molecule has 4 aromatic rings. The van der Waals surface area contributed by atoms with Crippen molar-refractivity contribution in [3.8, 4) is 0 Å². The summed E-state index contributed by atoms with van der Waals surface area (Å²) in [5.74, 6) is -71.4. The van der Waals surface area contributed by atoms with E-state index in [1.165, 1.54) is 0 Å². The summed E-state index contributed by atoms with van der Waals surface area (Å²) in [6.45, 7) is 0. The van der Waals surface area contributed by atoms with Crippen LogP contribution in [0, 0.1) is 116 Å². The van der Waals surface area contributed by atoms with E-state index in [4.69, 9.17) is 0 Å². The van der Waals surface area contributed by atoms with Gasteiger partial charge in [-0.2, -0.15) is 0 Å². The third kappa shape index (κ3) is 4.67. The van der Waals surface area contributed by atoms with E-state index >= 15 is 35.1 Å². The Hall–Kier alpha value is -3.46. The van der Waals surface area contributed by atoms with Crippen LogP contribution in [0.5, 0.6) is 0 Å². The molecule has 0 spiro atoms. The smallest absolute Gasteiger partial charge is 1.00 e. The largest absolute Gasteiger partial charge is 1.00 e. The summed E-state index contributed by atoms with van der Waals surface area (Å²) in [4.78, 5) is 0. The van der Waals surface area contributed by atoms with Crippen molar-refractivity contribution < 1.29 is 119 Å². The standard InChI is InChI=1S/C24BF20.Na.H/c26-5-1(6(27)14(35)21(42)13(5)34)25(2-7(28)15(36)22(43)16(37)8(2)29,3-9(30)17(38)23(44)18(39)10(3)31)4-11(32)19(40)24(45)20(41)12(4)33;;/q-1;+1;-1. The quantitative estimate of drug-likeness (QED) is 0.133. The molecule has 242 valence electrons. The molecule has 0 fully saturated rings. The second-order valence-electron chi connectivity index (χ2n) is 8.80. The maximum Gasteiger partial charge on any atom is 1.00 e. The number of hydrogen-bond donors (Lipinski definition) is 0. The first-order chi connectivity index (χ1) is 20.7. The molecular weight excluding hydrogens is 702 g/mol. The molecule has 0 aliphatic heterocycles. The molecule has 46 heavy (non-hydrogen) atoms. The zero-order valence-electron chi connectivity index (χ0n) is 22.1. The Morgan fingerprint density at radius 2 is 0.283 bits per heavy atom. The predicted molar refractivity (Wildman–Crippen MR) is 110 cm³/mol. The predicted octanol–water partition coefficient (Wildman–Crippen LogP) is 2.96. The van der Waals surface area contributed by atoms with E-state index in [2.05, 4.69) is 0 Å². The van der Waals surface area contributed by atoms with E-state index in [0.29, 0.717) is 0 Å². The maximum absolute atomic E-state index is 15.4. The van der Waals surface area contributed by atoms with E-state index in [1.54, 1.807) is 0 Å². The van der Waals surface area contributed by atoms with Gasteiger partial charge in [0.1, 0.15) is 52.7 Å². The van der Waals surface area contributed by atoms with Crippen molar-refractivity contribution in [2.45, 2.75) is 0 Å². The van der Waals surface area contributed by atoms with Crippen molar-refractivity contribution in [1.82, 2.24) is 0 Å². The van der Waals surface area contributed by atoms with Crippen molar-refractivity contribution in [3.63, 3.8) is 0 Å². The van der Waals surface area contributed by atoms with Crippen molar-refractivity contribution in [1.29, 1.82) is 0 Å². The summed E-state index contributed by atoms with van der Waals surface area (Å²) in [5, 5.41) is 0. The fourth-order valence-electron chi connectivity index (χ4n) is 4.87. The summed E-state index contributed by atoms with van der Waals surface area (Å²) < 4.78 is 294. The maximum atomic E-state index is 15.4. The molecule has 0 aliphatic carbocycles. The molecule has 0 aromatic heterocycles. The van der Waals surface area contributed by atoms with Gasteiger partial charge in [0, 0.05) is 0 Å². The van der Waals surface area contributed by atoms with Crippen molar-refractivity contribution >= 4 is 28.0 Å². The molecule has 4 aromatic carbocycles.